The van der Waals surface area contributed by atoms with Gasteiger partial charge in [0.15, 0.2) is 0 Å². The lowest BCUT2D eigenvalue weighted by molar-refractivity contribution is 0.324. The van der Waals surface area contributed by atoms with Crippen molar-refractivity contribution in [3.05, 3.63) is 6.42 Å². The Morgan fingerprint density at radius 2 is 1.64 bits per heavy atom. The first-order chi connectivity index (χ1) is 5.47. The molecule has 2 aliphatic carbocycles. The third-order valence-electron chi connectivity index (χ3n) is 3.47. The maximum atomic E-state index is 2.59. The Balaban J connectivity index is 1.89. The van der Waals surface area contributed by atoms with Crippen molar-refractivity contribution in [3.63, 3.8) is 0 Å². The molecule has 11 heavy (non-hydrogen) atoms. The van der Waals surface area contributed by atoms with Crippen LogP contribution in [0.3, 0.4) is 0 Å². The largest absolute Gasteiger partial charge is 0.0533 e. The molecule has 0 heteroatoms. The summed E-state index contributed by atoms with van der Waals surface area (Å²) in [4.78, 5) is 0. The van der Waals surface area contributed by atoms with Gasteiger partial charge in [0.2, 0.25) is 0 Å². The third-order valence-corrected chi connectivity index (χ3v) is 3.47. The summed E-state index contributed by atoms with van der Waals surface area (Å²) in [7, 11) is 0. The highest BCUT2D eigenvalue weighted by atomic mass is 14.3. The van der Waals surface area contributed by atoms with Gasteiger partial charge in [0.25, 0.3) is 0 Å². The molecule has 2 atom stereocenters. The average molecular weight is 151 g/mol. The van der Waals surface area contributed by atoms with Crippen molar-refractivity contribution in [2.24, 2.45) is 11.8 Å². The summed E-state index contributed by atoms with van der Waals surface area (Å²) in [5.41, 5.74) is 0. The Bertz CT molecular complexity index is 103. The second-order valence-electron chi connectivity index (χ2n) is 4.23. The molecular formula is C11H19. The van der Waals surface area contributed by atoms with Gasteiger partial charge in [-0.1, -0.05) is 32.1 Å². The molecule has 0 aromatic carbocycles. The van der Waals surface area contributed by atoms with Crippen LogP contribution in [-0.2, 0) is 0 Å². The Kier molecular flexibility index (Phi) is 2.50. The zero-order valence-corrected chi connectivity index (χ0v) is 7.39. The normalized spacial score (nSPS) is 39.3. The molecule has 2 rings (SSSR count). The van der Waals surface area contributed by atoms with Gasteiger partial charge in [-0.05, 0) is 37.5 Å². The van der Waals surface area contributed by atoms with Gasteiger partial charge in [-0.3, -0.25) is 0 Å². The fourth-order valence-corrected chi connectivity index (χ4v) is 2.78. The molecule has 2 fully saturated rings. The number of fused-ring (bicyclic) bond motifs is 1. The lowest BCUT2D eigenvalue weighted by Gasteiger charge is -2.21. The van der Waals surface area contributed by atoms with E-state index in [1.807, 2.05) is 0 Å². The summed E-state index contributed by atoms with van der Waals surface area (Å²) < 4.78 is 0. The molecule has 2 unspecified atom stereocenters. The second kappa shape index (κ2) is 3.60. The molecule has 63 valence electrons. The molecule has 0 saturated heterocycles. The Hall–Kier alpha value is 0. The highest BCUT2D eigenvalue weighted by Crippen LogP contribution is 2.39. The monoisotopic (exact) mass is 151 g/mol. The fourth-order valence-electron chi connectivity index (χ4n) is 2.78. The summed E-state index contributed by atoms with van der Waals surface area (Å²) in [6, 6.07) is 0. The first-order valence-electron chi connectivity index (χ1n) is 5.30. The zero-order chi connectivity index (χ0) is 7.52. The van der Waals surface area contributed by atoms with Crippen molar-refractivity contribution in [2.45, 2.75) is 51.4 Å². The van der Waals surface area contributed by atoms with E-state index in [4.69, 9.17) is 0 Å². The first kappa shape index (κ1) is 7.64. The highest BCUT2D eigenvalue weighted by Gasteiger charge is 2.27. The molecule has 0 heterocycles. The number of rotatable bonds is 0. The smallest absolute Gasteiger partial charge is 0.0352 e. The van der Waals surface area contributed by atoms with Crippen LogP contribution in [0.25, 0.3) is 0 Å². The van der Waals surface area contributed by atoms with E-state index in [1.165, 1.54) is 51.4 Å². The van der Waals surface area contributed by atoms with Crippen LogP contribution in [0.5, 0.6) is 0 Å². The Morgan fingerprint density at radius 3 is 2.55 bits per heavy atom. The topological polar surface area (TPSA) is 0 Å². The van der Waals surface area contributed by atoms with E-state index in [0.29, 0.717) is 0 Å². The minimum atomic E-state index is 1.02. The molecule has 1 radical (unpaired) electrons. The van der Waals surface area contributed by atoms with Gasteiger partial charge < -0.3 is 0 Å². The van der Waals surface area contributed by atoms with E-state index in [0.717, 1.165) is 11.8 Å². The van der Waals surface area contributed by atoms with E-state index in [2.05, 4.69) is 6.42 Å². The standard InChI is InChI=1S/C11H19/c1-2-4-7-11-9-5-8-10(11)6-3-1/h8,10-11H,1-7,9H2. The minimum absolute atomic E-state index is 1.02. The van der Waals surface area contributed by atoms with E-state index in [9.17, 15) is 0 Å². The van der Waals surface area contributed by atoms with Crippen LogP contribution in [0, 0.1) is 18.3 Å². The van der Waals surface area contributed by atoms with Crippen LogP contribution < -0.4 is 0 Å². The van der Waals surface area contributed by atoms with Gasteiger partial charge in [0.1, 0.15) is 0 Å². The highest BCUT2D eigenvalue weighted by molar-refractivity contribution is 4.90. The molecule has 0 aromatic heterocycles. The molecular weight excluding hydrogens is 132 g/mol. The SMILES string of the molecule is [CH]1CCC2CCCCCCC12. The van der Waals surface area contributed by atoms with Crippen LogP contribution in [0.1, 0.15) is 51.4 Å². The van der Waals surface area contributed by atoms with Gasteiger partial charge in [0.05, 0.1) is 0 Å². The van der Waals surface area contributed by atoms with Crippen molar-refractivity contribution < 1.29 is 0 Å². The Morgan fingerprint density at radius 1 is 0.818 bits per heavy atom. The van der Waals surface area contributed by atoms with E-state index in [-0.39, 0.29) is 0 Å². The molecule has 0 aromatic rings. The van der Waals surface area contributed by atoms with E-state index in [1.54, 1.807) is 0 Å². The summed E-state index contributed by atoms with van der Waals surface area (Å²) in [5.74, 6) is 2.12. The van der Waals surface area contributed by atoms with Crippen LogP contribution in [0.15, 0.2) is 0 Å². The first-order valence-corrected chi connectivity index (χ1v) is 5.30. The predicted molar refractivity (Wildman–Crippen MR) is 48.2 cm³/mol. The van der Waals surface area contributed by atoms with Crippen LogP contribution in [-0.4, -0.2) is 0 Å². The maximum Gasteiger partial charge on any atom is -0.0352 e. The average Bonchev–Trinajstić information content (AvgIpc) is 2.35. The van der Waals surface area contributed by atoms with Crippen molar-refractivity contribution in [1.29, 1.82) is 0 Å². The summed E-state index contributed by atoms with van der Waals surface area (Å²) in [6.45, 7) is 0. The summed E-state index contributed by atoms with van der Waals surface area (Å²) in [5, 5.41) is 0. The molecule has 0 spiro atoms. The maximum absolute atomic E-state index is 2.59. The van der Waals surface area contributed by atoms with Crippen LogP contribution in [0.4, 0.5) is 0 Å². The molecule has 0 N–H and O–H groups in total. The number of hydrogen-bond donors (Lipinski definition) is 0. The fraction of sp³-hybridized carbons (Fsp3) is 0.909. The number of hydrogen-bond acceptors (Lipinski definition) is 0. The molecule has 0 nitrogen and oxygen atoms in total. The van der Waals surface area contributed by atoms with E-state index >= 15 is 0 Å². The van der Waals surface area contributed by atoms with Crippen LogP contribution in [0.2, 0.25) is 0 Å². The zero-order valence-electron chi connectivity index (χ0n) is 7.39. The molecule has 2 saturated carbocycles. The van der Waals surface area contributed by atoms with Crippen molar-refractivity contribution in [2.75, 3.05) is 0 Å². The van der Waals surface area contributed by atoms with Gasteiger partial charge in [-0.2, -0.15) is 0 Å². The Labute approximate surface area is 70.4 Å². The second-order valence-corrected chi connectivity index (χ2v) is 4.23. The molecule has 0 aliphatic heterocycles. The van der Waals surface area contributed by atoms with Crippen molar-refractivity contribution in [3.8, 4) is 0 Å². The van der Waals surface area contributed by atoms with Gasteiger partial charge in [0, 0.05) is 0 Å². The van der Waals surface area contributed by atoms with Gasteiger partial charge in [-0.15, -0.1) is 0 Å². The molecule has 2 aliphatic rings. The molecule has 0 amide bonds. The lowest BCUT2D eigenvalue weighted by atomic mass is 9.84. The van der Waals surface area contributed by atoms with Gasteiger partial charge >= 0.3 is 0 Å². The predicted octanol–water partition coefficient (Wildman–Crippen LogP) is 3.57. The lowest BCUT2D eigenvalue weighted by Crippen LogP contribution is -2.10. The minimum Gasteiger partial charge on any atom is -0.0533 e. The van der Waals surface area contributed by atoms with E-state index < -0.39 is 0 Å². The van der Waals surface area contributed by atoms with Crippen LogP contribution >= 0.6 is 0 Å². The molecule has 0 bridgehead atoms. The third kappa shape index (κ3) is 1.77. The van der Waals surface area contributed by atoms with Gasteiger partial charge in [-0.25, -0.2) is 0 Å². The summed E-state index contributed by atoms with van der Waals surface area (Å²) >= 11 is 0. The van der Waals surface area contributed by atoms with Crippen molar-refractivity contribution in [1.82, 2.24) is 0 Å². The van der Waals surface area contributed by atoms with Crippen molar-refractivity contribution >= 4 is 0 Å². The quantitative estimate of drug-likeness (QED) is 0.496. The summed E-state index contributed by atoms with van der Waals surface area (Å²) in [6.07, 6.45) is 14.6.